The van der Waals surface area contributed by atoms with E-state index in [0.29, 0.717) is 72.4 Å². The molecule has 0 saturated carbocycles. The molecule has 5 aromatic rings. The summed E-state index contributed by atoms with van der Waals surface area (Å²) in [4.78, 5) is 21.5. The van der Waals surface area contributed by atoms with Crippen molar-refractivity contribution in [2.75, 3.05) is 20.3 Å². The van der Waals surface area contributed by atoms with Crippen LogP contribution in [0.25, 0.3) is 22.3 Å². The van der Waals surface area contributed by atoms with Crippen LogP contribution < -0.4 is 9.47 Å². The first kappa shape index (κ1) is 30.3. The molecule has 4 heterocycles. The molecule has 0 unspecified atom stereocenters. The number of rotatable bonds is 5. The van der Waals surface area contributed by atoms with Gasteiger partial charge in [0, 0.05) is 30.2 Å². The zero-order chi connectivity index (χ0) is 32.5. The molecule has 3 aromatic carbocycles. The number of aryl methyl sites for hydroxylation is 1. The van der Waals surface area contributed by atoms with Gasteiger partial charge in [-0.25, -0.2) is 23.5 Å². The van der Waals surface area contributed by atoms with Crippen LogP contribution in [0.5, 0.6) is 11.6 Å². The lowest BCUT2D eigenvalue weighted by atomic mass is 10.0. The average molecular weight is 637 g/mol. The van der Waals surface area contributed by atoms with Gasteiger partial charge in [0.25, 0.3) is 0 Å². The van der Waals surface area contributed by atoms with Crippen molar-refractivity contribution in [3.63, 3.8) is 0 Å². The van der Waals surface area contributed by atoms with Crippen molar-refractivity contribution in [2.24, 2.45) is 0 Å². The standard InChI is InChI=1S/C36H30F2N4O5/c1-44-36(43)25-14-29(38)35-31(15-25)42(19-26-9-11-45-26)33(41-35)16-24-13-28(37)27-17-32(24)46-10-3-4-22-12-21(18-39)7-8-23(22)20-47-34-6-2-5-30(27)40-34/h2,5-8,12-15,17,26H,3-4,9-11,16,19-20H2,1H3/t26-/m0/s1. The van der Waals surface area contributed by atoms with Crippen LogP contribution in [0.2, 0.25) is 0 Å². The van der Waals surface area contributed by atoms with Crippen molar-refractivity contribution < 1.29 is 32.5 Å². The summed E-state index contributed by atoms with van der Waals surface area (Å²) < 4.78 is 55.9. The van der Waals surface area contributed by atoms with E-state index in [-0.39, 0.29) is 35.8 Å². The second-order valence-corrected chi connectivity index (χ2v) is 11.6. The van der Waals surface area contributed by atoms with Crippen LogP contribution in [0.4, 0.5) is 8.78 Å². The van der Waals surface area contributed by atoms with Crippen molar-refractivity contribution in [3.05, 3.63) is 106 Å². The Morgan fingerprint density at radius 2 is 1.91 bits per heavy atom. The minimum Gasteiger partial charge on any atom is -0.493 e. The number of aromatic nitrogens is 3. The first-order valence-corrected chi connectivity index (χ1v) is 15.4. The summed E-state index contributed by atoms with van der Waals surface area (Å²) in [5, 5.41) is 9.45. The Morgan fingerprint density at radius 3 is 2.70 bits per heavy atom. The van der Waals surface area contributed by atoms with Crippen LogP contribution in [-0.2, 0) is 35.5 Å². The number of esters is 1. The molecule has 0 spiro atoms. The number of carbonyl (C=O) groups is 1. The number of benzene rings is 3. The molecule has 2 aliphatic heterocycles. The van der Waals surface area contributed by atoms with Crippen molar-refractivity contribution in [3.8, 4) is 29.0 Å². The van der Waals surface area contributed by atoms with Crippen LogP contribution in [0, 0.1) is 23.0 Å². The number of carbonyl (C=O) groups excluding carboxylic acids is 1. The number of ether oxygens (including phenoxy) is 4. The summed E-state index contributed by atoms with van der Waals surface area (Å²) in [6.45, 7) is 1.57. The highest BCUT2D eigenvalue weighted by atomic mass is 19.1. The van der Waals surface area contributed by atoms with Gasteiger partial charge in [0.15, 0.2) is 5.82 Å². The minimum atomic E-state index is -0.664. The number of imidazole rings is 1. The van der Waals surface area contributed by atoms with Crippen LogP contribution in [-0.4, -0.2) is 46.9 Å². The number of halogens is 2. The lowest BCUT2D eigenvalue weighted by Crippen LogP contribution is -2.31. The van der Waals surface area contributed by atoms with Gasteiger partial charge in [-0.05, 0) is 72.9 Å². The third kappa shape index (κ3) is 6.12. The van der Waals surface area contributed by atoms with E-state index in [1.165, 1.54) is 13.2 Å². The second-order valence-electron chi connectivity index (χ2n) is 11.6. The molecule has 238 valence electrons. The third-order valence-electron chi connectivity index (χ3n) is 8.54. The van der Waals surface area contributed by atoms with Gasteiger partial charge >= 0.3 is 5.97 Å². The van der Waals surface area contributed by atoms with E-state index in [1.807, 2.05) is 16.7 Å². The molecule has 1 atom stereocenters. The number of methoxy groups -OCH3 is 1. The van der Waals surface area contributed by atoms with E-state index in [9.17, 15) is 10.1 Å². The zero-order valence-electron chi connectivity index (χ0n) is 25.6. The zero-order valence-corrected chi connectivity index (χ0v) is 25.6. The molecule has 0 amide bonds. The van der Waals surface area contributed by atoms with Crippen molar-refractivity contribution >= 4 is 17.0 Å². The molecule has 1 saturated heterocycles. The lowest BCUT2D eigenvalue weighted by molar-refractivity contribution is -0.0589. The number of hydrogen-bond acceptors (Lipinski definition) is 8. The maximum atomic E-state index is 15.9. The van der Waals surface area contributed by atoms with Crippen molar-refractivity contribution in [1.29, 1.82) is 5.26 Å². The van der Waals surface area contributed by atoms with E-state index >= 15 is 8.78 Å². The minimum absolute atomic E-state index is 0.0643. The van der Waals surface area contributed by atoms with Crippen molar-refractivity contribution in [2.45, 2.75) is 44.9 Å². The fraction of sp³-hybridized carbons (Fsp3) is 0.278. The number of pyridine rings is 1. The Hall–Kier alpha value is -5.34. The van der Waals surface area contributed by atoms with Gasteiger partial charge in [-0.2, -0.15) is 5.26 Å². The molecule has 47 heavy (non-hydrogen) atoms. The summed E-state index contributed by atoms with van der Waals surface area (Å²) in [6.07, 6.45) is 2.09. The van der Waals surface area contributed by atoms with E-state index in [1.54, 1.807) is 36.4 Å². The summed E-state index contributed by atoms with van der Waals surface area (Å²) >= 11 is 0. The SMILES string of the molecule is COC(=O)c1cc(F)c2nc(Cc3cc(F)c4cc3OCCCc3cc(C#N)ccc3COc3cccc-4n3)n(C[C@@H]3CCO3)c2c1. The smallest absolute Gasteiger partial charge is 0.338 e. The average Bonchev–Trinajstić information content (AvgIpc) is 3.41. The molecular weight excluding hydrogens is 606 g/mol. The van der Waals surface area contributed by atoms with Crippen molar-refractivity contribution in [1.82, 2.24) is 14.5 Å². The predicted octanol–water partition coefficient (Wildman–Crippen LogP) is 6.32. The van der Waals surface area contributed by atoms with Crippen LogP contribution in [0.15, 0.2) is 60.7 Å². The quantitative estimate of drug-likeness (QED) is 0.206. The monoisotopic (exact) mass is 636 g/mol. The van der Waals surface area contributed by atoms with E-state index in [0.717, 1.165) is 23.6 Å². The third-order valence-corrected chi connectivity index (χ3v) is 8.54. The molecule has 2 aromatic heterocycles. The van der Waals surface area contributed by atoms with Gasteiger partial charge in [-0.1, -0.05) is 12.1 Å². The highest BCUT2D eigenvalue weighted by Gasteiger charge is 2.25. The Kier molecular flexibility index (Phi) is 8.26. The summed E-state index contributed by atoms with van der Waals surface area (Å²) in [5.41, 5.74) is 4.17. The van der Waals surface area contributed by atoms with Gasteiger partial charge < -0.3 is 23.5 Å². The molecule has 0 N–H and O–H groups in total. The normalized spacial score (nSPS) is 15.7. The number of hydrogen-bond donors (Lipinski definition) is 0. The number of nitrogens with zero attached hydrogens (tertiary/aromatic N) is 4. The van der Waals surface area contributed by atoms with Gasteiger partial charge in [0.1, 0.15) is 29.5 Å². The second kappa shape index (κ2) is 12.8. The highest BCUT2D eigenvalue weighted by Crippen LogP contribution is 2.34. The summed E-state index contributed by atoms with van der Waals surface area (Å²) in [6, 6.07) is 18.5. The van der Waals surface area contributed by atoms with E-state index in [4.69, 9.17) is 18.9 Å². The van der Waals surface area contributed by atoms with Gasteiger partial charge in [0.05, 0.1) is 54.8 Å². The number of nitriles is 1. The topological polar surface area (TPSA) is 108 Å². The van der Waals surface area contributed by atoms with Crippen LogP contribution in [0.3, 0.4) is 0 Å². The largest absolute Gasteiger partial charge is 0.493 e. The van der Waals surface area contributed by atoms with Gasteiger partial charge in [-0.3, -0.25) is 0 Å². The maximum Gasteiger partial charge on any atom is 0.338 e. The molecule has 2 aliphatic rings. The maximum absolute atomic E-state index is 15.9. The molecule has 1 fully saturated rings. The predicted molar refractivity (Wildman–Crippen MR) is 167 cm³/mol. The van der Waals surface area contributed by atoms with Crippen LogP contribution in [0.1, 0.15) is 51.3 Å². The Morgan fingerprint density at radius 1 is 1.04 bits per heavy atom. The van der Waals surface area contributed by atoms with Crippen LogP contribution >= 0.6 is 0 Å². The number of fused-ring (bicyclic) bond motifs is 7. The molecule has 0 radical (unpaired) electrons. The molecule has 4 bridgehead atoms. The summed E-state index contributed by atoms with van der Waals surface area (Å²) in [7, 11) is 1.24. The van der Waals surface area contributed by atoms with Gasteiger partial charge in [-0.15, -0.1) is 0 Å². The first-order valence-electron chi connectivity index (χ1n) is 15.4. The Balaban J connectivity index is 1.29. The molecule has 11 heteroatoms. The van der Waals surface area contributed by atoms with E-state index < -0.39 is 17.6 Å². The molecular formula is C36H30F2N4O5. The first-order chi connectivity index (χ1) is 22.9. The fourth-order valence-corrected chi connectivity index (χ4v) is 5.98. The molecule has 7 rings (SSSR count). The van der Waals surface area contributed by atoms with E-state index in [2.05, 4.69) is 16.0 Å². The molecule has 0 aliphatic carbocycles. The Labute approximate surface area is 269 Å². The summed E-state index contributed by atoms with van der Waals surface area (Å²) in [5.74, 6) is -0.600. The highest BCUT2D eigenvalue weighted by molar-refractivity contribution is 5.94. The molecule has 9 nitrogen and oxygen atoms in total. The Bertz CT molecular complexity index is 2050. The fourth-order valence-electron chi connectivity index (χ4n) is 5.98. The lowest BCUT2D eigenvalue weighted by Gasteiger charge is -2.27. The van der Waals surface area contributed by atoms with Gasteiger partial charge in [0.2, 0.25) is 5.88 Å².